The van der Waals surface area contributed by atoms with Crippen LogP contribution in [0.2, 0.25) is 5.02 Å². The van der Waals surface area contributed by atoms with Crippen LogP contribution in [0.25, 0.3) is 11.0 Å². The maximum Gasteiger partial charge on any atom is 0.412 e. The molecule has 6 nitrogen and oxygen atoms in total. The minimum Gasteiger partial charge on any atom is -0.486 e. The van der Waals surface area contributed by atoms with Crippen molar-refractivity contribution in [2.45, 2.75) is 91.3 Å². The molecule has 8 heteroatoms. The number of hydrogen-bond donors (Lipinski definition) is 0. The number of fused-ring (bicyclic) bond motifs is 1. The fraction of sp³-hybridized carbons (Fsp3) is 0.517. The molecule has 1 saturated heterocycles. The van der Waals surface area contributed by atoms with E-state index in [0.29, 0.717) is 24.6 Å². The van der Waals surface area contributed by atoms with Crippen molar-refractivity contribution in [1.29, 1.82) is 0 Å². The summed E-state index contributed by atoms with van der Waals surface area (Å²) in [5, 5.41) is 0.665. The molecule has 2 heterocycles. The highest BCUT2D eigenvalue weighted by Crippen LogP contribution is 2.27. The van der Waals surface area contributed by atoms with Gasteiger partial charge in [-0.3, -0.25) is 0 Å². The summed E-state index contributed by atoms with van der Waals surface area (Å²) in [6.07, 6.45) is 3.39. The molecule has 2 aromatic carbocycles. The third-order valence-electron chi connectivity index (χ3n) is 7.23. The Morgan fingerprint density at radius 1 is 1.19 bits per heavy atom. The van der Waals surface area contributed by atoms with E-state index in [1.165, 1.54) is 5.56 Å². The van der Waals surface area contributed by atoms with Crippen LogP contribution in [0.3, 0.4) is 0 Å². The van der Waals surface area contributed by atoms with Crippen molar-refractivity contribution < 1.29 is 18.7 Å². The molecular weight excluding hydrogens is 493 g/mol. The zero-order valence-electron chi connectivity index (χ0n) is 22.0. The molecule has 0 N–H and O–H groups in total. The zero-order valence-corrected chi connectivity index (χ0v) is 22.8. The zero-order chi connectivity index (χ0) is 26.4. The van der Waals surface area contributed by atoms with Crippen LogP contribution in [0.5, 0.6) is 5.75 Å². The Labute approximate surface area is 223 Å². The second-order valence-electron chi connectivity index (χ2n) is 9.87. The van der Waals surface area contributed by atoms with E-state index < -0.39 is 12.5 Å². The summed E-state index contributed by atoms with van der Waals surface area (Å²) in [5.41, 5.74) is 4.44. The number of benzene rings is 2. The van der Waals surface area contributed by atoms with Gasteiger partial charge in [0.15, 0.2) is 0 Å². The molecule has 4 rings (SSSR count). The number of imidazole rings is 1. The van der Waals surface area contributed by atoms with Crippen LogP contribution in [0.1, 0.15) is 68.8 Å². The number of ether oxygens (including phenoxy) is 2. The van der Waals surface area contributed by atoms with Crippen molar-refractivity contribution in [3.8, 4) is 5.75 Å². The van der Waals surface area contributed by atoms with Gasteiger partial charge in [-0.15, -0.1) is 0 Å². The van der Waals surface area contributed by atoms with E-state index in [1.54, 1.807) is 4.90 Å². The Hall–Kier alpha value is -2.80. The maximum atomic E-state index is 13.9. The molecule has 1 aliphatic heterocycles. The highest BCUT2D eigenvalue weighted by molar-refractivity contribution is 6.30. The number of piperidine rings is 1. The van der Waals surface area contributed by atoms with Crippen molar-refractivity contribution in [1.82, 2.24) is 14.5 Å². The minimum absolute atomic E-state index is 0.0580. The second kappa shape index (κ2) is 12.6. The van der Waals surface area contributed by atoms with E-state index >= 15 is 0 Å². The van der Waals surface area contributed by atoms with Crippen LogP contribution in [-0.2, 0) is 17.9 Å². The van der Waals surface area contributed by atoms with E-state index in [4.69, 9.17) is 26.1 Å². The normalized spacial score (nSPS) is 16.7. The van der Waals surface area contributed by atoms with Gasteiger partial charge in [-0.2, -0.15) is 0 Å². The van der Waals surface area contributed by atoms with E-state index in [0.717, 1.165) is 66.8 Å². The lowest BCUT2D eigenvalue weighted by Gasteiger charge is -2.35. The Morgan fingerprint density at radius 3 is 2.73 bits per heavy atom. The topological polar surface area (TPSA) is 56.6 Å². The Balaban J connectivity index is 1.47. The van der Waals surface area contributed by atoms with Gasteiger partial charge < -0.3 is 18.9 Å². The number of likely N-dealkylation sites (tertiary alicyclic amines) is 1. The smallest absolute Gasteiger partial charge is 0.412 e. The van der Waals surface area contributed by atoms with Gasteiger partial charge in [-0.1, -0.05) is 24.6 Å². The first-order valence-electron chi connectivity index (χ1n) is 13.3. The van der Waals surface area contributed by atoms with Crippen molar-refractivity contribution in [3.63, 3.8) is 0 Å². The minimum atomic E-state index is -1.53. The SMILES string of the molecule is CCCC(F)OC(=O)N1CCCCC1CCCn1c(COc2ccc(Cl)cc2)nc2c(C)c(C)ccc21. The van der Waals surface area contributed by atoms with Crippen molar-refractivity contribution in [2.24, 2.45) is 0 Å². The Morgan fingerprint density at radius 2 is 1.97 bits per heavy atom. The number of carbonyl (C=O) groups is 1. The largest absolute Gasteiger partial charge is 0.486 e. The van der Waals surface area contributed by atoms with Crippen LogP contribution in [-0.4, -0.2) is 39.5 Å². The third kappa shape index (κ3) is 6.75. The predicted octanol–water partition coefficient (Wildman–Crippen LogP) is 7.75. The number of rotatable bonds is 10. The lowest BCUT2D eigenvalue weighted by molar-refractivity contribution is -0.0216. The number of carbonyl (C=O) groups excluding carboxylic acids is 1. The molecule has 0 aliphatic carbocycles. The standard InChI is InChI=1S/C29H37ClFN3O3/c1-4-8-26(31)37-29(35)33-17-6-5-9-23(33)10-7-18-34-25-16-11-20(2)21(3)28(25)32-27(34)19-36-24-14-12-22(30)13-15-24/h11-16,23,26H,4-10,17-19H2,1-3H3. The highest BCUT2D eigenvalue weighted by Gasteiger charge is 2.29. The van der Waals surface area contributed by atoms with Gasteiger partial charge in [-0.25, -0.2) is 14.2 Å². The number of nitrogens with zero attached hydrogens (tertiary/aromatic N) is 3. The molecule has 1 fully saturated rings. The molecule has 2 atom stereocenters. The maximum absolute atomic E-state index is 13.9. The lowest BCUT2D eigenvalue weighted by atomic mass is 9.98. The molecule has 1 aliphatic rings. The van der Waals surface area contributed by atoms with Crippen LogP contribution < -0.4 is 4.74 Å². The lowest BCUT2D eigenvalue weighted by Crippen LogP contribution is -2.44. The predicted molar refractivity (Wildman–Crippen MR) is 145 cm³/mol. The number of halogens is 2. The molecule has 0 radical (unpaired) electrons. The molecule has 200 valence electrons. The van der Waals surface area contributed by atoms with Gasteiger partial charge in [0.2, 0.25) is 6.36 Å². The molecule has 1 aromatic heterocycles. The van der Waals surface area contributed by atoms with Crippen molar-refractivity contribution >= 4 is 28.7 Å². The average Bonchev–Trinajstić information content (AvgIpc) is 3.24. The Bertz CT molecular complexity index is 1200. The van der Waals surface area contributed by atoms with Gasteiger partial charge in [0.05, 0.1) is 11.0 Å². The first-order valence-corrected chi connectivity index (χ1v) is 13.7. The molecular formula is C29H37ClFN3O3. The molecule has 37 heavy (non-hydrogen) atoms. The second-order valence-corrected chi connectivity index (χ2v) is 10.3. The van der Waals surface area contributed by atoms with Crippen LogP contribution in [0.15, 0.2) is 36.4 Å². The van der Waals surface area contributed by atoms with Gasteiger partial charge in [0.1, 0.15) is 18.2 Å². The van der Waals surface area contributed by atoms with Gasteiger partial charge in [0, 0.05) is 30.6 Å². The fourth-order valence-corrected chi connectivity index (χ4v) is 5.13. The molecule has 1 amide bonds. The number of hydrogen-bond acceptors (Lipinski definition) is 4. The van der Waals surface area contributed by atoms with E-state index in [1.807, 2.05) is 31.2 Å². The monoisotopic (exact) mass is 529 g/mol. The molecule has 2 unspecified atom stereocenters. The van der Waals surface area contributed by atoms with Crippen LogP contribution in [0, 0.1) is 13.8 Å². The van der Waals surface area contributed by atoms with Crippen molar-refractivity contribution in [3.05, 3.63) is 58.4 Å². The first kappa shape index (κ1) is 27.2. The van der Waals surface area contributed by atoms with E-state index in [-0.39, 0.29) is 12.5 Å². The molecule has 0 saturated carbocycles. The number of aryl methyl sites for hydroxylation is 3. The molecule has 0 bridgehead atoms. The quantitative estimate of drug-likeness (QED) is 0.269. The number of alkyl halides is 1. The summed E-state index contributed by atoms with van der Waals surface area (Å²) in [7, 11) is 0. The summed E-state index contributed by atoms with van der Waals surface area (Å²) >= 11 is 6.01. The summed E-state index contributed by atoms with van der Waals surface area (Å²) in [6, 6.07) is 11.6. The van der Waals surface area contributed by atoms with Crippen LogP contribution >= 0.6 is 11.6 Å². The van der Waals surface area contributed by atoms with Gasteiger partial charge in [0.25, 0.3) is 0 Å². The average molecular weight is 530 g/mol. The summed E-state index contributed by atoms with van der Waals surface area (Å²) < 4.78 is 27.3. The summed E-state index contributed by atoms with van der Waals surface area (Å²) in [6.45, 7) is 7.78. The highest BCUT2D eigenvalue weighted by atomic mass is 35.5. The fourth-order valence-electron chi connectivity index (χ4n) is 5.00. The molecule has 0 spiro atoms. The first-order chi connectivity index (χ1) is 17.9. The van der Waals surface area contributed by atoms with E-state index in [9.17, 15) is 9.18 Å². The van der Waals surface area contributed by atoms with Crippen molar-refractivity contribution in [2.75, 3.05) is 6.54 Å². The summed E-state index contributed by atoms with van der Waals surface area (Å²) in [5.74, 6) is 1.60. The number of aromatic nitrogens is 2. The number of amides is 1. The van der Waals surface area contributed by atoms with Gasteiger partial charge >= 0.3 is 6.09 Å². The third-order valence-corrected chi connectivity index (χ3v) is 7.48. The van der Waals surface area contributed by atoms with Gasteiger partial charge in [-0.05, 0) is 93.8 Å². The summed E-state index contributed by atoms with van der Waals surface area (Å²) in [4.78, 5) is 19.3. The Kier molecular flexibility index (Phi) is 9.30. The van der Waals surface area contributed by atoms with Crippen LogP contribution in [0.4, 0.5) is 9.18 Å². The molecule has 3 aromatic rings. The van der Waals surface area contributed by atoms with E-state index in [2.05, 4.69) is 30.5 Å².